The molecule has 5 nitrogen and oxygen atoms in total. The predicted molar refractivity (Wildman–Crippen MR) is 70.5 cm³/mol. The molecule has 4 N–H and O–H groups in total. The summed E-state index contributed by atoms with van der Waals surface area (Å²) in [6.07, 6.45) is 5.49. The number of primary amides is 1. The minimum Gasteiger partial charge on any atom is -0.398 e. The van der Waals surface area contributed by atoms with Crippen LogP contribution in [0.5, 0.6) is 0 Å². The second-order valence-electron chi connectivity index (χ2n) is 4.10. The molecular weight excluding hydrogens is 228 g/mol. The van der Waals surface area contributed by atoms with E-state index in [4.69, 9.17) is 11.5 Å². The van der Waals surface area contributed by atoms with Crippen LogP contribution in [0.2, 0.25) is 0 Å². The smallest absolute Gasteiger partial charge is 0.250 e. The van der Waals surface area contributed by atoms with Crippen LogP contribution in [0.25, 0.3) is 5.69 Å². The number of nitrogens with two attached hydrogens (primary N) is 2. The van der Waals surface area contributed by atoms with Crippen molar-refractivity contribution in [3.63, 3.8) is 0 Å². The van der Waals surface area contributed by atoms with Crippen molar-refractivity contribution in [1.29, 1.82) is 0 Å². The molecule has 2 aromatic rings. The highest BCUT2D eigenvalue weighted by molar-refractivity contribution is 5.98. The Labute approximate surface area is 105 Å². The van der Waals surface area contributed by atoms with Crippen molar-refractivity contribution in [3.05, 3.63) is 42.0 Å². The first kappa shape index (κ1) is 12.2. The van der Waals surface area contributed by atoms with Crippen LogP contribution in [0.3, 0.4) is 0 Å². The van der Waals surface area contributed by atoms with Crippen molar-refractivity contribution in [2.75, 3.05) is 5.73 Å². The van der Waals surface area contributed by atoms with Crippen LogP contribution in [0.15, 0.2) is 30.6 Å². The molecule has 18 heavy (non-hydrogen) atoms. The molecule has 0 atom stereocenters. The maximum atomic E-state index is 11.3. The maximum absolute atomic E-state index is 11.3. The van der Waals surface area contributed by atoms with Crippen LogP contribution < -0.4 is 11.5 Å². The first-order chi connectivity index (χ1) is 8.63. The Morgan fingerprint density at radius 3 is 2.89 bits per heavy atom. The second kappa shape index (κ2) is 4.91. The van der Waals surface area contributed by atoms with Gasteiger partial charge in [0.1, 0.15) is 5.82 Å². The fourth-order valence-corrected chi connectivity index (χ4v) is 1.89. The normalized spacial score (nSPS) is 10.5. The summed E-state index contributed by atoms with van der Waals surface area (Å²) in [5, 5.41) is 0. The highest BCUT2D eigenvalue weighted by Gasteiger charge is 2.09. The van der Waals surface area contributed by atoms with Gasteiger partial charge >= 0.3 is 0 Å². The van der Waals surface area contributed by atoms with E-state index in [1.54, 1.807) is 18.3 Å². The zero-order chi connectivity index (χ0) is 13.1. The van der Waals surface area contributed by atoms with Gasteiger partial charge in [-0.05, 0) is 24.6 Å². The lowest BCUT2D eigenvalue weighted by atomic mass is 10.1. The van der Waals surface area contributed by atoms with Gasteiger partial charge in [0.2, 0.25) is 0 Å². The standard InChI is InChI=1S/C13H16N4O/c1-2-3-12-16-6-7-17(12)9-4-5-11(14)10(8-9)13(15)18/h4-8H,2-3,14H2,1H3,(H2,15,18). The Kier molecular flexibility index (Phi) is 3.32. The second-order valence-corrected chi connectivity index (χ2v) is 4.10. The van der Waals surface area contributed by atoms with Gasteiger partial charge in [0.05, 0.1) is 5.56 Å². The molecule has 94 valence electrons. The van der Waals surface area contributed by atoms with Crippen molar-refractivity contribution in [3.8, 4) is 5.69 Å². The lowest BCUT2D eigenvalue weighted by Gasteiger charge is -2.09. The van der Waals surface area contributed by atoms with E-state index in [-0.39, 0.29) is 0 Å². The van der Waals surface area contributed by atoms with Gasteiger partial charge in [-0.15, -0.1) is 0 Å². The van der Waals surface area contributed by atoms with Crippen LogP contribution in [0.4, 0.5) is 5.69 Å². The summed E-state index contributed by atoms with van der Waals surface area (Å²) in [4.78, 5) is 15.6. The van der Waals surface area contributed by atoms with Gasteiger partial charge in [0.25, 0.3) is 5.91 Å². The van der Waals surface area contributed by atoms with E-state index >= 15 is 0 Å². The first-order valence-electron chi connectivity index (χ1n) is 5.85. The van der Waals surface area contributed by atoms with Gasteiger partial charge in [-0.1, -0.05) is 6.92 Å². The Morgan fingerprint density at radius 2 is 2.22 bits per heavy atom. The van der Waals surface area contributed by atoms with E-state index in [0.29, 0.717) is 11.3 Å². The van der Waals surface area contributed by atoms with E-state index in [9.17, 15) is 4.79 Å². The van der Waals surface area contributed by atoms with E-state index in [1.165, 1.54) is 0 Å². The molecule has 0 aliphatic heterocycles. The summed E-state index contributed by atoms with van der Waals surface area (Å²) in [6, 6.07) is 5.23. The maximum Gasteiger partial charge on any atom is 0.250 e. The van der Waals surface area contributed by atoms with Crippen LogP contribution >= 0.6 is 0 Å². The van der Waals surface area contributed by atoms with E-state index in [0.717, 1.165) is 24.4 Å². The molecule has 0 bridgehead atoms. The zero-order valence-corrected chi connectivity index (χ0v) is 10.3. The third-order valence-electron chi connectivity index (χ3n) is 2.77. The van der Waals surface area contributed by atoms with Crippen LogP contribution in [-0.4, -0.2) is 15.5 Å². The summed E-state index contributed by atoms with van der Waals surface area (Å²) < 4.78 is 1.94. The molecule has 2 rings (SSSR count). The Bertz CT molecular complexity index is 574. The number of carbonyl (C=O) groups excluding carboxylic acids is 1. The molecule has 0 fully saturated rings. The third kappa shape index (κ3) is 2.20. The van der Waals surface area contributed by atoms with Crippen LogP contribution in [0.1, 0.15) is 29.5 Å². The molecule has 1 heterocycles. The fourth-order valence-electron chi connectivity index (χ4n) is 1.89. The van der Waals surface area contributed by atoms with Gasteiger partial charge in [-0.25, -0.2) is 4.98 Å². The Balaban J connectivity index is 2.47. The van der Waals surface area contributed by atoms with E-state index < -0.39 is 5.91 Å². The minimum absolute atomic E-state index is 0.337. The number of carbonyl (C=O) groups is 1. The van der Waals surface area contributed by atoms with Crippen molar-refractivity contribution < 1.29 is 4.79 Å². The molecule has 1 amide bonds. The number of nitrogen functional groups attached to an aromatic ring is 1. The number of benzene rings is 1. The minimum atomic E-state index is -0.522. The van der Waals surface area contributed by atoms with E-state index in [2.05, 4.69) is 11.9 Å². The summed E-state index contributed by atoms with van der Waals surface area (Å²) in [7, 11) is 0. The monoisotopic (exact) mass is 244 g/mol. The van der Waals surface area contributed by atoms with Gasteiger partial charge in [0.15, 0.2) is 0 Å². The number of aryl methyl sites for hydroxylation is 1. The number of hydrogen-bond donors (Lipinski definition) is 2. The quantitative estimate of drug-likeness (QED) is 0.799. The SMILES string of the molecule is CCCc1nccn1-c1ccc(N)c(C(N)=O)c1. The average Bonchev–Trinajstić information content (AvgIpc) is 2.78. The van der Waals surface area contributed by atoms with Crippen LogP contribution in [0, 0.1) is 0 Å². The molecule has 0 aliphatic carbocycles. The summed E-state index contributed by atoms with van der Waals surface area (Å²) in [6.45, 7) is 2.09. The lowest BCUT2D eigenvalue weighted by molar-refractivity contribution is 0.100. The number of rotatable bonds is 4. The summed E-state index contributed by atoms with van der Waals surface area (Å²) in [5.41, 5.74) is 12.6. The Hall–Kier alpha value is -2.30. The van der Waals surface area contributed by atoms with Gasteiger partial charge < -0.3 is 16.0 Å². The number of anilines is 1. The first-order valence-corrected chi connectivity index (χ1v) is 5.85. The molecule has 0 saturated carbocycles. The number of imidazole rings is 1. The topological polar surface area (TPSA) is 86.9 Å². The van der Waals surface area contributed by atoms with Gasteiger partial charge in [-0.2, -0.15) is 0 Å². The van der Waals surface area contributed by atoms with Crippen LogP contribution in [-0.2, 0) is 6.42 Å². The Morgan fingerprint density at radius 1 is 1.44 bits per heavy atom. The lowest BCUT2D eigenvalue weighted by Crippen LogP contribution is -2.14. The fraction of sp³-hybridized carbons (Fsp3) is 0.231. The number of hydrogen-bond acceptors (Lipinski definition) is 3. The third-order valence-corrected chi connectivity index (χ3v) is 2.77. The molecule has 1 aromatic carbocycles. The number of nitrogens with zero attached hydrogens (tertiary/aromatic N) is 2. The summed E-state index contributed by atoms with van der Waals surface area (Å²) in [5.74, 6) is 0.434. The number of aromatic nitrogens is 2. The molecule has 0 spiro atoms. The van der Waals surface area contributed by atoms with Crippen molar-refractivity contribution in [2.24, 2.45) is 5.73 Å². The molecule has 5 heteroatoms. The average molecular weight is 244 g/mol. The van der Waals surface area contributed by atoms with Crippen molar-refractivity contribution >= 4 is 11.6 Å². The largest absolute Gasteiger partial charge is 0.398 e. The summed E-state index contributed by atoms with van der Waals surface area (Å²) >= 11 is 0. The van der Waals surface area contributed by atoms with E-state index in [1.807, 2.05) is 16.8 Å². The van der Waals surface area contributed by atoms with Crippen molar-refractivity contribution in [2.45, 2.75) is 19.8 Å². The predicted octanol–water partition coefficient (Wildman–Crippen LogP) is 1.51. The van der Waals surface area contributed by atoms with Gasteiger partial charge in [0, 0.05) is 30.2 Å². The number of amides is 1. The highest BCUT2D eigenvalue weighted by atomic mass is 16.1. The molecule has 0 radical (unpaired) electrons. The molecule has 0 saturated heterocycles. The highest BCUT2D eigenvalue weighted by Crippen LogP contribution is 2.18. The van der Waals surface area contributed by atoms with Crippen molar-refractivity contribution in [1.82, 2.24) is 9.55 Å². The molecular formula is C13H16N4O. The molecule has 0 unspecified atom stereocenters. The molecule has 1 aromatic heterocycles. The van der Waals surface area contributed by atoms with Gasteiger partial charge in [-0.3, -0.25) is 4.79 Å². The zero-order valence-electron chi connectivity index (χ0n) is 10.3. The molecule has 0 aliphatic rings.